The van der Waals surface area contributed by atoms with Gasteiger partial charge in [-0.15, -0.1) is 0 Å². The van der Waals surface area contributed by atoms with Crippen LogP contribution in [-0.2, 0) is 9.53 Å². The van der Waals surface area contributed by atoms with E-state index in [-0.39, 0.29) is 0 Å². The van der Waals surface area contributed by atoms with Crippen molar-refractivity contribution in [3.8, 4) is 5.75 Å². The normalized spacial score (nSPS) is 9.75. The first-order valence-electron chi connectivity index (χ1n) is 4.52. The second kappa shape index (κ2) is 5.12. The van der Waals surface area contributed by atoms with E-state index in [0.29, 0.717) is 15.8 Å². The van der Waals surface area contributed by atoms with Crippen LogP contribution < -0.4 is 4.74 Å². The molecule has 0 saturated carbocycles. The average Bonchev–Trinajstić information content (AvgIpc) is 2.20. The molecule has 0 aliphatic rings. The van der Waals surface area contributed by atoms with E-state index in [1.54, 1.807) is 13.0 Å². The highest BCUT2D eigenvalue weighted by atomic mass is 79.9. The number of carbonyl (C=O) groups is 2. The number of methoxy groups -OCH3 is 1. The first kappa shape index (κ1) is 12.7. The minimum Gasteiger partial charge on any atom is -0.465 e. The monoisotopic (exact) mass is 286 g/mol. The molecule has 1 aromatic carbocycles. The third-order valence-electron chi connectivity index (χ3n) is 1.94. The zero-order valence-corrected chi connectivity index (χ0v) is 10.8. The molecular weight excluding hydrogens is 276 g/mol. The Morgan fingerprint density at radius 1 is 1.31 bits per heavy atom. The van der Waals surface area contributed by atoms with Gasteiger partial charge in [-0.2, -0.15) is 0 Å². The zero-order chi connectivity index (χ0) is 12.3. The Morgan fingerprint density at radius 2 is 1.94 bits per heavy atom. The lowest BCUT2D eigenvalue weighted by Gasteiger charge is -2.09. The lowest BCUT2D eigenvalue weighted by Crippen LogP contribution is -2.07. The predicted octanol–water partition coefficient (Wildman–Crippen LogP) is 2.47. The average molecular weight is 287 g/mol. The van der Waals surface area contributed by atoms with Gasteiger partial charge in [0.1, 0.15) is 5.75 Å². The van der Waals surface area contributed by atoms with Crippen LogP contribution >= 0.6 is 15.9 Å². The summed E-state index contributed by atoms with van der Waals surface area (Å²) in [5.41, 5.74) is 1.12. The summed E-state index contributed by atoms with van der Waals surface area (Å²) in [6.45, 7) is 3.07. The second-order valence-electron chi connectivity index (χ2n) is 3.18. The first-order valence-corrected chi connectivity index (χ1v) is 5.32. The molecule has 86 valence electrons. The highest BCUT2D eigenvalue weighted by molar-refractivity contribution is 9.10. The lowest BCUT2D eigenvalue weighted by molar-refractivity contribution is -0.131. The molecule has 0 aliphatic carbocycles. The summed E-state index contributed by atoms with van der Waals surface area (Å²) in [6, 6.07) is 3.18. The quantitative estimate of drug-likeness (QED) is 0.619. The molecule has 0 radical (unpaired) electrons. The summed E-state index contributed by atoms with van der Waals surface area (Å²) in [7, 11) is 1.30. The van der Waals surface area contributed by atoms with Gasteiger partial charge in [-0.05, 0) is 40.5 Å². The molecule has 0 unspecified atom stereocenters. The van der Waals surface area contributed by atoms with Crippen LogP contribution in [0.5, 0.6) is 5.75 Å². The molecule has 0 aromatic heterocycles. The molecule has 0 aliphatic heterocycles. The molecular formula is C11H11BrO4. The molecule has 0 atom stereocenters. The van der Waals surface area contributed by atoms with Crippen LogP contribution in [0.2, 0.25) is 0 Å². The Kier molecular flexibility index (Phi) is 4.06. The van der Waals surface area contributed by atoms with Gasteiger partial charge in [0, 0.05) is 6.92 Å². The summed E-state index contributed by atoms with van der Waals surface area (Å²) >= 11 is 3.25. The summed E-state index contributed by atoms with van der Waals surface area (Å²) < 4.78 is 10.2. The molecule has 0 amide bonds. The van der Waals surface area contributed by atoms with Gasteiger partial charge in [-0.3, -0.25) is 4.79 Å². The van der Waals surface area contributed by atoms with Crippen molar-refractivity contribution in [1.29, 1.82) is 0 Å². The van der Waals surface area contributed by atoms with Gasteiger partial charge in [0.15, 0.2) is 0 Å². The molecule has 0 bridgehead atoms. The highest BCUT2D eigenvalue weighted by Crippen LogP contribution is 2.29. The van der Waals surface area contributed by atoms with E-state index in [2.05, 4.69) is 20.7 Å². The standard InChI is InChI=1S/C11H11BrO4/c1-6-4-9(12)10(16-7(2)13)5-8(6)11(14)15-3/h4-5H,1-3H3. The van der Waals surface area contributed by atoms with Gasteiger partial charge >= 0.3 is 11.9 Å². The van der Waals surface area contributed by atoms with Crippen LogP contribution in [0, 0.1) is 6.92 Å². The van der Waals surface area contributed by atoms with Crippen LogP contribution in [0.4, 0.5) is 0 Å². The number of benzene rings is 1. The number of ether oxygens (including phenoxy) is 2. The summed E-state index contributed by atoms with van der Waals surface area (Å²) in [5, 5.41) is 0. The minimum atomic E-state index is -0.460. The molecule has 4 nitrogen and oxygen atoms in total. The zero-order valence-electron chi connectivity index (χ0n) is 9.17. The molecule has 16 heavy (non-hydrogen) atoms. The number of rotatable bonds is 2. The number of hydrogen-bond acceptors (Lipinski definition) is 4. The number of hydrogen-bond donors (Lipinski definition) is 0. The minimum absolute atomic E-state index is 0.304. The molecule has 0 heterocycles. The summed E-state index contributed by atoms with van der Waals surface area (Å²) in [5.74, 6) is -0.600. The Hall–Kier alpha value is -1.36. The van der Waals surface area contributed by atoms with Crippen molar-refractivity contribution in [2.75, 3.05) is 7.11 Å². The molecule has 5 heteroatoms. The Morgan fingerprint density at radius 3 is 2.44 bits per heavy atom. The van der Waals surface area contributed by atoms with E-state index in [4.69, 9.17) is 4.74 Å². The Balaban J connectivity index is 3.21. The maximum atomic E-state index is 11.4. The van der Waals surface area contributed by atoms with Crippen molar-refractivity contribution >= 4 is 27.9 Å². The topological polar surface area (TPSA) is 52.6 Å². The fraction of sp³-hybridized carbons (Fsp3) is 0.273. The van der Waals surface area contributed by atoms with Crippen LogP contribution in [0.3, 0.4) is 0 Å². The van der Waals surface area contributed by atoms with E-state index in [1.807, 2.05) is 0 Å². The first-order chi connectivity index (χ1) is 7.45. The van der Waals surface area contributed by atoms with E-state index >= 15 is 0 Å². The summed E-state index contributed by atoms with van der Waals surface area (Å²) in [6.07, 6.45) is 0. The molecule has 0 N–H and O–H groups in total. The van der Waals surface area contributed by atoms with E-state index in [1.165, 1.54) is 20.1 Å². The number of aryl methyl sites for hydroxylation is 1. The van der Waals surface area contributed by atoms with Gasteiger partial charge in [0.2, 0.25) is 0 Å². The Bertz CT molecular complexity index is 440. The third kappa shape index (κ3) is 2.82. The van der Waals surface area contributed by atoms with Crippen molar-refractivity contribution in [2.45, 2.75) is 13.8 Å². The number of halogens is 1. The van der Waals surface area contributed by atoms with Crippen molar-refractivity contribution in [2.24, 2.45) is 0 Å². The van der Waals surface area contributed by atoms with Gasteiger partial charge in [0.05, 0.1) is 17.1 Å². The van der Waals surface area contributed by atoms with Crippen LogP contribution in [0.15, 0.2) is 16.6 Å². The predicted molar refractivity (Wildman–Crippen MR) is 61.5 cm³/mol. The van der Waals surface area contributed by atoms with Crippen LogP contribution in [0.25, 0.3) is 0 Å². The maximum absolute atomic E-state index is 11.4. The fourth-order valence-corrected chi connectivity index (χ4v) is 1.75. The SMILES string of the molecule is COC(=O)c1cc(OC(C)=O)c(Br)cc1C. The molecule has 0 saturated heterocycles. The van der Waals surface area contributed by atoms with Crippen molar-refractivity contribution in [3.63, 3.8) is 0 Å². The largest absolute Gasteiger partial charge is 0.465 e. The van der Waals surface area contributed by atoms with Crippen LogP contribution in [0.1, 0.15) is 22.8 Å². The van der Waals surface area contributed by atoms with E-state index < -0.39 is 11.9 Å². The molecule has 1 rings (SSSR count). The second-order valence-corrected chi connectivity index (χ2v) is 4.04. The van der Waals surface area contributed by atoms with Crippen molar-refractivity contribution in [3.05, 3.63) is 27.7 Å². The molecule has 0 spiro atoms. The number of esters is 2. The molecule has 1 aromatic rings. The van der Waals surface area contributed by atoms with Gasteiger partial charge in [0.25, 0.3) is 0 Å². The Labute approximate surface area is 102 Å². The fourth-order valence-electron chi connectivity index (χ4n) is 1.22. The van der Waals surface area contributed by atoms with Crippen molar-refractivity contribution < 1.29 is 19.1 Å². The summed E-state index contributed by atoms with van der Waals surface area (Å²) in [4.78, 5) is 22.2. The van der Waals surface area contributed by atoms with Crippen LogP contribution in [-0.4, -0.2) is 19.0 Å². The smallest absolute Gasteiger partial charge is 0.338 e. The van der Waals surface area contributed by atoms with Gasteiger partial charge in [-0.1, -0.05) is 0 Å². The maximum Gasteiger partial charge on any atom is 0.338 e. The third-order valence-corrected chi connectivity index (χ3v) is 2.56. The van der Waals surface area contributed by atoms with E-state index in [9.17, 15) is 9.59 Å². The van der Waals surface area contributed by atoms with E-state index in [0.717, 1.165) is 5.56 Å². The number of carbonyl (C=O) groups excluding carboxylic acids is 2. The lowest BCUT2D eigenvalue weighted by atomic mass is 10.1. The van der Waals surface area contributed by atoms with Crippen molar-refractivity contribution in [1.82, 2.24) is 0 Å². The van der Waals surface area contributed by atoms with Gasteiger partial charge in [-0.25, -0.2) is 4.79 Å². The van der Waals surface area contributed by atoms with Gasteiger partial charge < -0.3 is 9.47 Å². The highest BCUT2D eigenvalue weighted by Gasteiger charge is 2.14. The molecule has 0 fully saturated rings.